The van der Waals surface area contributed by atoms with E-state index in [2.05, 4.69) is 10.6 Å². The van der Waals surface area contributed by atoms with Crippen molar-refractivity contribution in [3.8, 4) is 11.5 Å². The van der Waals surface area contributed by atoms with Crippen LogP contribution in [0.15, 0.2) is 18.2 Å². The number of nitrogens with zero attached hydrogens (tertiary/aromatic N) is 1. The number of nitrogens with one attached hydrogen (secondary N) is 2. The number of carboxylic acid groups (broad SMARTS) is 1. The van der Waals surface area contributed by atoms with Crippen molar-refractivity contribution in [1.29, 1.82) is 0 Å². The van der Waals surface area contributed by atoms with Crippen molar-refractivity contribution >= 4 is 23.6 Å². The third-order valence-electron chi connectivity index (χ3n) is 5.00. The van der Waals surface area contributed by atoms with E-state index in [4.69, 9.17) is 9.47 Å². The fraction of sp³-hybridized carbons (Fsp3) is 0.526. The molecular formula is C19H25N3O6. The molecule has 0 bridgehead atoms. The number of carbonyl (C=O) groups is 3. The van der Waals surface area contributed by atoms with Gasteiger partial charge in [0.05, 0.1) is 12.0 Å². The largest absolute Gasteiger partial charge is 0.486 e. The Morgan fingerprint density at radius 2 is 1.89 bits per heavy atom. The quantitative estimate of drug-likeness (QED) is 0.713. The van der Waals surface area contributed by atoms with Gasteiger partial charge in [0.2, 0.25) is 5.91 Å². The minimum absolute atomic E-state index is 0.164. The molecule has 0 aromatic heterocycles. The molecule has 0 aliphatic carbocycles. The van der Waals surface area contributed by atoms with Crippen molar-refractivity contribution < 1.29 is 29.0 Å². The third-order valence-corrected chi connectivity index (χ3v) is 5.00. The van der Waals surface area contributed by atoms with Crippen LogP contribution in [-0.2, 0) is 9.59 Å². The van der Waals surface area contributed by atoms with E-state index >= 15 is 0 Å². The number of hydrogen-bond donors (Lipinski definition) is 3. The molecule has 28 heavy (non-hydrogen) atoms. The van der Waals surface area contributed by atoms with Gasteiger partial charge in [-0.3, -0.25) is 19.8 Å². The van der Waals surface area contributed by atoms with Crippen molar-refractivity contribution in [2.45, 2.75) is 26.3 Å². The molecule has 2 heterocycles. The molecule has 0 saturated carbocycles. The number of anilines is 1. The lowest BCUT2D eigenvalue weighted by molar-refractivity contribution is -0.145. The van der Waals surface area contributed by atoms with Gasteiger partial charge in [-0.15, -0.1) is 0 Å². The highest BCUT2D eigenvalue weighted by atomic mass is 16.6. The maximum Gasteiger partial charge on any atom is 0.325 e. The number of carboxylic acids is 1. The molecule has 3 atom stereocenters. The lowest BCUT2D eigenvalue weighted by Gasteiger charge is -2.37. The average molecular weight is 391 g/mol. The zero-order valence-electron chi connectivity index (χ0n) is 15.9. The maximum absolute atomic E-state index is 12.5. The van der Waals surface area contributed by atoms with E-state index < -0.39 is 29.9 Å². The summed E-state index contributed by atoms with van der Waals surface area (Å²) in [5, 5.41) is 14.2. The molecule has 9 nitrogen and oxygen atoms in total. The summed E-state index contributed by atoms with van der Waals surface area (Å²) in [6.45, 7) is 5.44. The number of fused-ring (bicyclic) bond motifs is 1. The Bertz CT molecular complexity index is 768. The monoisotopic (exact) mass is 391 g/mol. The molecule has 152 valence electrons. The van der Waals surface area contributed by atoms with E-state index in [1.165, 1.54) is 0 Å². The molecule has 0 radical (unpaired) electrons. The van der Waals surface area contributed by atoms with Crippen LogP contribution in [0.4, 0.5) is 10.5 Å². The van der Waals surface area contributed by atoms with Gasteiger partial charge >= 0.3 is 12.0 Å². The predicted octanol–water partition coefficient (Wildman–Crippen LogP) is 1.54. The Balaban J connectivity index is 1.56. The van der Waals surface area contributed by atoms with Crippen molar-refractivity contribution in [1.82, 2.24) is 10.2 Å². The number of imide groups is 1. The highest BCUT2D eigenvalue weighted by Gasteiger charge is 2.34. The second-order valence-corrected chi connectivity index (χ2v) is 7.31. The van der Waals surface area contributed by atoms with E-state index in [-0.39, 0.29) is 12.5 Å². The number of benzene rings is 1. The molecule has 9 heteroatoms. The zero-order chi connectivity index (χ0) is 20.3. The first-order valence-electron chi connectivity index (χ1n) is 9.32. The van der Waals surface area contributed by atoms with Crippen molar-refractivity contribution in [2.24, 2.45) is 11.8 Å². The molecule has 3 unspecified atom stereocenters. The molecule has 3 rings (SSSR count). The number of hydrogen-bond acceptors (Lipinski definition) is 6. The molecule has 1 aromatic carbocycles. The van der Waals surface area contributed by atoms with Gasteiger partial charge in [0.15, 0.2) is 11.5 Å². The van der Waals surface area contributed by atoms with Gasteiger partial charge in [-0.2, -0.15) is 0 Å². The topological polar surface area (TPSA) is 117 Å². The normalized spacial score (nSPS) is 22.8. The van der Waals surface area contributed by atoms with Crippen LogP contribution in [0, 0.1) is 11.8 Å². The molecule has 2 aliphatic heterocycles. The standard InChI is InChI=1S/C19H25N3O6/c1-11-7-13(18(24)25)10-22(9-11)12(2)17(23)21-19(26)20-14-3-4-15-16(8-14)28-6-5-27-15/h3-4,8,11-13H,5-7,9-10H2,1-2H3,(H,24,25)(H2,20,21,23,26). The lowest BCUT2D eigenvalue weighted by Crippen LogP contribution is -2.53. The van der Waals surface area contributed by atoms with E-state index in [1.54, 1.807) is 30.0 Å². The van der Waals surface area contributed by atoms with E-state index in [0.29, 0.717) is 43.4 Å². The van der Waals surface area contributed by atoms with Crippen LogP contribution in [0.5, 0.6) is 11.5 Å². The summed E-state index contributed by atoms with van der Waals surface area (Å²) < 4.78 is 10.9. The Morgan fingerprint density at radius 3 is 2.61 bits per heavy atom. The van der Waals surface area contributed by atoms with Crippen molar-refractivity contribution in [3.05, 3.63) is 18.2 Å². The first-order valence-corrected chi connectivity index (χ1v) is 9.32. The van der Waals surface area contributed by atoms with E-state index in [9.17, 15) is 19.5 Å². The number of carbonyl (C=O) groups excluding carboxylic acids is 2. The van der Waals surface area contributed by atoms with E-state index in [0.717, 1.165) is 0 Å². The van der Waals surface area contributed by atoms with Gasteiger partial charge in [0.1, 0.15) is 13.2 Å². The molecule has 3 N–H and O–H groups in total. The molecule has 1 saturated heterocycles. The minimum atomic E-state index is -0.861. The van der Waals surface area contributed by atoms with Crippen LogP contribution >= 0.6 is 0 Å². The summed E-state index contributed by atoms with van der Waals surface area (Å²) in [7, 11) is 0. The fourth-order valence-corrected chi connectivity index (χ4v) is 3.55. The summed E-state index contributed by atoms with van der Waals surface area (Å²) in [6, 6.07) is 3.70. The molecule has 2 aliphatic rings. The van der Waals surface area contributed by atoms with Crippen molar-refractivity contribution in [2.75, 3.05) is 31.6 Å². The number of amides is 3. The summed E-state index contributed by atoms with van der Waals surface area (Å²) in [5.74, 6) is -0.546. The number of likely N-dealkylation sites (tertiary alicyclic amines) is 1. The zero-order valence-corrected chi connectivity index (χ0v) is 15.9. The van der Waals surface area contributed by atoms with Gasteiger partial charge in [-0.05, 0) is 31.4 Å². The van der Waals surface area contributed by atoms with Gasteiger partial charge in [-0.25, -0.2) is 4.79 Å². The van der Waals surface area contributed by atoms with Crippen LogP contribution in [0.25, 0.3) is 0 Å². The average Bonchev–Trinajstić information content (AvgIpc) is 2.66. The molecule has 1 aromatic rings. The number of piperidine rings is 1. The first-order chi connectivity index (χ1) is 13.3. The van der Waals surface area contributed by atoms with Gasteiger partial charge in [0.25, 0.3) is 0 Å². The summed E-state index contributed by atoms with van der Waals surface area (Å²) in [4.78, 5) is 37.8. The second kappa shape index (κ2) is 8.47. The Hall–Kier alpha value is -2.81. The summed E-state index contributed by atoms with van der Waals surface area (Å²) in [6.07, 6.45) is 0.588. The van der Waals surface area contributed by atoms with Crippen molar-refractivity contribution in [3.63, 3.8) is 0 Å². The summed E-state index contributed by atoms with van der Waals surface area (Å²) in [5.41, 5.74) is 0.472. The maximum atomic E-state index is 12.5. The van der Waals surface area contributed by atoms with E-state index in [1.807, 2.05) is 6.92 Å². The smallest absolute Gasteiger partial charge is 0.325 e. The molecule has 3 amide bonds. The number of urea groups is 1. The Labute approximate surface area is 163 Å². The highest BCUT2D eigenvalue weighted by Crippen LogP contribution is 2.32. The van der Waals surface area contributed by atoms with Crippen LogP contribution in [0.3, 0.4) is 0 Å². The first kappa shape index (κ1) is 19.9. The lowest BCUT2D eigenvalue weighted by atomic mass is 9.89. The second-order valence-electron chi connectivity index (χ2n) is 7.31. The van der Waals surface area contributed by atoms with Gasteiger partial charge in [-0.1, -0.05) is 6.92 Å². The number of aliphatic carboxylic acids is 1. The van der Waals surface area contributed by atoms with Crippen LogP contribution in [-0.4, -0.2) is 60.3 Å². The highest BCUT2D eigenvalue weighted by molar-refractivity contribution is 6.02. The predicted molar refractivity (Wildman–Crippen MR) is 101 cm³/mol. The Kier molecular flexibility index (Phi) is 6.03. The number of ether oxygens (including phenoxy) is 2. The molecular weight excluding hydrogens is 366 g/mol. The van der Waals surface area contributed by atoms with Gasteiger partial charge in [0, 0.05) is 24.8 Å². The number of rotatable bonds is 4. The fourth-order valence-electron chi connectivity index (χ4n) is 3.55. The minimum Gasteiger partial charge on any atom is -0.486 e. The van der Waals surface area contributed by atoms with Crippen LogP contribution < -0.4 is 20.1 Å². The van der Waals surface area contributed by atoms with Crippen LogP contribution in [0.2, 0.25) is 0 Å². The molecule has 0 spiro atoms. The summed E-state index contributed by atoms with van der Waals surface area (Å²) >= 11 is 0. The SMILES string of the molecule is CC1CC(C(=O)O)CN(C(C)C(=O)NC(=O)Nc2ccc3c(c2)OCCO3)C1. The Morgan fingerprint density at radius 1 is 1.18 bits per heavy atom. The third kappa shape index (κ3) is 4.72. The van der Waals surface area contributed by atoms with Crippen LogP contribution in [0.1, 0.15) is 20.3 Å². The molecule has 1 fully saturated rings. The van der Waals surface area contributed by atoms with Gasteiger partial charge < -0.3 is 19.9 Å².